The lowest BCUT2D eigenvalue weighted by Gasteiger charge is -2.49. The van der Waals surface area contributed by atoms with Crippen LogP contribution < -0.4 is 11.1 Å². The molecule has 0 spiro atoms. The van der Waals surface area contributed by atoms with Gasteiger partial charge in [0.15, 0.2) is 10.8 Å². The van der Waals surface area contributed by atoms with Crippen molar-refractivity contribution in [1.82, 2.24) is 20.2 Å². The van der Waals surface area contributed by atoms with Crippen molar-refractivity contribution in [2.24, 2.45) is 10.6 Å². The molecule has 2 aromatic heterocycles. The molecule has 16 heteroatoms. The smallest absolute Gasteiger partial charge is 0.358 e. The van der Waals surface area contributed by atoms with Crippen molar-refractivity contribution < 1.29 is 33.9 Å². The number of oxime groups is 1. The summed E-state index contributed by atoms with van der Waals surface area (Å²) in [5.74, 6) is -2.51. The standard InChI is InChI=1S/C24H26N6O7S3/c1-11-14(40-9-26-11)6-5-12-7-38-20-16(28-18(31)15(29-35)13-8-39-23(25)27-13)19(32)30(20)17(12)21(33)36-10-37-22(34)24(2,3)4/h5-6,8-9,16,20,35H,7,10H2,1-4H3,(H2,25,27)(H,28,31)/b6-5+,29-15+/t16?,20-/m1/s1. The van der Waals surface area contributed by atoms with Gasteiger partial charge in [-0.05, 0) is 39.3 Å². The molecular weight excluding hydrogens is 581 g/mol. The number of hydrogen-bond donors (Lipinski definition) is 3. The first-order valence-electron chi connectivity index (χ1n) is 11.8. The van der Waals surface area contributed by atoms with Crippen molar-refractivity contribution in [3.05, 3.63) is 44.5 Å². The summed E-state index contributed by atoms with van der Waals surface area (Å²) < 4.78 is 10.3. The van der Waals surface area contributed by atoms with Crippen molar-refractivity contribution >= 4 is 75.1 Å². The van der Waals surface area contributed by atoms with Gasteiger partial charge < -0.3 is 25.7 Å². The number of carbonyl (C=O) groups excluding carboxylic acids is 4. The molecule has 212 valence electrons. The van der Waals surface area contributed by atoms with Crippen LogP contribution in [0.4, 0.5) is 5.13 Å². The van der Waals surface area contributed by atoms with E-state index in [-0.39, 0.29) is 16.5 Å². The van der Waals surface area contributed by atoms with Gasteiger partial charge in [-0.15, -0.1) is 34.4 Å². The molecule has 2 aliphatic rings. The van der Waals surface area contributed by atoms with Crippen molar-refractivity contribution in [3.8, 4) is 0 Å². The van der Waals surface area contributed by atoms with Crippen LogP contribution in [0.2, 0.25) is 0 Å². The Hall–Kier alpha value is -3.76. The number of allylic oxidation sites excluding steroid dienone is 1. The van der Waals surface area contributed by atoms with Gasteiger partial charge in [-0.2, -0.15) is 0 Å². The van der Waals surface area contributed by atoms with E-state index in [1.165, 1.54) is 33.4 Å². The number of carbonyl (C=O) groups is 4. The Kier molecular flexibility index (Phi) is 8.60. The highest BCUT2D eigenvalue weighted by molar-refractivity contribution is 8.00. The van der Waals surface area contributed by atoms with Gasteiger partial charge in [0, 0.05) is 16.0 Å². The van der Waals surface area contributed by atoms with Gasteiger partial charge in [0.1, 0.15) is 22.8 Å². The second-order valence-electron chi connectivity index (χ2n) is 9.62. The first-order valence-corrected chi connectivity index (χ1v) is 14.6. The highest BCUT2D eigenvalue weighted by Gasteiger charge is 2.54. The molecule has 0 bridgehead atoms. The number of aromatic nitrogens is 2. The van der Waals surface area contributed by atoms with Gasteiger partial charge in [0.25, 0.3) is 11.8 Å². The van der Waals surface area contributed by atoms with E-state index in [4.69, 9.17) is 15.2 Å². The number of nitrogen functional groups attached to an aromatic ring is 1. The number of nitrogens with one attached hydrogen (secondary N) is 1. The lowest BCUT2D eigenvalue weighted by Crippen LogP contribution is -2.71. The first-order chi connectivity index (χ1) is 18.9. The molecule has 0 aromatic carbocycles. The van der Waals surface area contributed by atoms with Crippen LogP contribution in [0.25, 0.3) is 6.08 Å². The highest BCUT2D eigenvalue weighted by Crippen LogP contribution is 2.41. The average molecular weight is 607 g/mol. The van der Waals surface area contributed by atoms with Crippen molar-refractivity contribution in [3.63, 3.8) is 0 Å². The summed E-state index contributed by atoms with van der Waals surface area (Å²) in [5.41, 5.74) is 7.46. The number of aryl methyl sites for hydroxylation is 1. The number of fused-ring (bicyclic) bond motifs is 1. The molecule has 13 nitrogen and oxygen atoms in total. The number of nitrogens with two attached hydrogens (primary N) is 1. The van der Waals surface area contributed by atoms with E-state index in [0.717, 1.165) is 21.9 Å². The second-order valence-corrected chi connectivity index (χ2v) is 12.5. The molecule has 1 fully saturated rings. The zero-order valence-corrected chi connectivity index (χ0v) is 24.3. The number of anilines is 1. The molecule has 2 amide bonds. The third-order valence-corrected chi connectivity index (χ3v) is 8.64. The number of amides is 2. The van der Waals surface area contributed by atoms with Gasteiger partial charge in [-0.1, -0.05) is 11.2 Å². The van der Waals surface area contributed by atoms with Gasteiger partial charge in [-0.25, -0.2) is 14.8 Å². The van der Waals surface area contributed by atoms with Crippen LogP contribution in [-0.4, -0.2) is 73.5 Å². The number of thiazole rings is 2. The van der Waals surface area contributed by atoms with Gasteiger partial charge in [0.05, 0.1) is 16.6 Å². The molecule has 4 rings (SSSR count). The van der Waals surface area contributed by atoms with Crippen molar-refractivity contribution in [2.75, 3.05) is 18.3 Å². The minimum Gasteiger partial charge on any atom is -0.427 e. The van der Waals surface area contributed by atoms with E-state index >= 15 is 0 Å². The van der Waals surface area contributed by atoms with Crippen LogP contribution in [0.15, 0.2) is 33.4 Å². The summed E-state index contributed by atoms with van der Waals surface area (Å²) >= 11 is 3.81. The maximum absolute atomic E-state index is 13.2. The van der Waals surface area contributed by atoms with Crippen LogP contribution in [0, 0.1) is 12.3 Å². The van der Waals surface area contributed by atoms with E-state index in [1.54, 1.807) is 38.4 Å². The van der Waals surface area contributed by atoms with E-state index in [0.29, 0.717) is 11.3 Å². The van der Waals surface area contributed by atoms with Crippen LogP contribution in [0.5, 0.6) is 0 Å². The number of hydrogen-bond acceptors (Lipinski definition) is 14. The minimum atomic E-state index is -1.01. The Morgan fingerprint density at radius 3 is 2.62 bits per heavy atom. The Balaban J connectivity index is 1.54. The molecule has 2 atom stereocenters. The molecule has 0 aliphatic carbocycles. The predicted molar refractivity (Wildman–Crippen MR) is 149 cm³/mol. The van der Waals surface area contributed by atoms with E-state index in [1.807, 2.05) is 6.92 Å². The summed E-state index contributed by atoms with van der Waals surface area (Å²) in [6.07, 6.45) is 3.51. The zero-order chi connectivity index (χ0) is 29.2. The topological polar surface area (TPSA) is 186 Å². The lowest BCUT2D eigenvalue weighted by atomic mass is 9.98. The number of β-lactam (4-membered cyclic amide) rings is 1. The molecule has 4 heterocycles. The molecular formula is C24H26N6O7S3. The van der Waals surface area contributed by atoms with Crippen LogP contribution in [0.3, 0.4) is 0 Å². The van der Waals surface area contributed by atoms with Crippen LogP contribution >= 0.6 is 34.4 Å². The minimum absolute atomic E-state index is 0.0206. The lowest BCUT2D eigenvalue weighted by molar-refractivity contribution is -0.173. The SMILES string of the molecule is Cc1ncsc1/C=C/C1=C(C(=O)OCOC(=O)C(C)(C)C)N2C(=O)C(NC(=O)/C(=N/O)c3csc(N)n3)[C@H]2SC1. The molecule has 0 radical (unpaired) electrons. The summed E-state index contributed by atoms with van der Waals surface area (Å²) in [6, 6.07) is -1.01. The number of nitrogens with zero attached hydrogens (tertiary/aromatic N) is 4. The molecule has 2 aromatic rings. The van der Waals surface area contributed by atoms with Crippen molar-refractivity contribution in [2.45, 2.75) is 39.1 Å². The van der Waals surface area contributed by atoms with Gasteiger partial charge in [0.2, 0.25) is 6.79 Å². The fourth-order valence-corrected chi connectivity index (χ4v) is 6.21. The highest BCUT2D eigenvalue weighted by atomic mass is 32.2. The first kappa shape index (κ1) is 29.2. The predicted octanol–water partition coefficient (Wildman–Crippen LogP) is 2.13. The number of ether oxygens (including phenoxy) is 2. The van der Waals surface area contributed by atoms with Gasteiger partial charge in [-0.3, -0.25) is 19.3 Å². The summed E-state index contributed by atoms with van der Waals surface area (Å²) in [7, 11) is 0. The van der Waals surface area contributed by atoms with E-state index in [9.17, 15) is 24.4 Å². The maximum Gasteiger partial charge on any atom is 0.358 e. The number of thioether (sulfide) groups is 1. The average Bonchev–Trinajstić information content (AvgIpc) is 3.52. The normalized spacial score (nSPS) is 19.4. The fourth-order valence-electron chi connectivity index (χ4n) is 3.65. The van der Waals surface area contributed by atoms with Crippen LogP contribution in [0.1, 0.15) is 37.0 Å². The summed E-state index contributed by atoms with van der Waals surface area (Å²) in [6.45, 7) is 6.21. The molecule has 2 aliphatic heterocycles. The molecule has 40 heavy (non-hydrogen) atoms. The monoisotopic (exact) mass is 606 g/mol. The zero-order valence-electron chi connectivity index (χ0n) is 21.9. The van der Waals surface area contributed by atoms with Gasteiger partial charge >= 0.3 is 11.9 Å². The molecule has 4 N–H and O–H groups in total. The Bertz CT molecular complexity index is 1440. The molecule has 1 unspecified atom stereocenters. The number of rotatable bonds is 8. The molecule has 0 saturated carbocycles. The Morgan fingerprint density at radius 2 is 2.02 bits per heavy atom. The third kappa shape index (κ3) is 6.03. The van der Waals surface area contributed by atoms with E-state index < -0.39 is 53.1 Å². The Labute approximate surface area is 241 Å². The largest absolute Gasteiger partial charge is 0.427 e. The maximum atomic E-state index is 13.2. The second kappa shape index (κ2) is 11.8. The van der Waals surface area contributed by atoms with Crippen molar-refractivity contribution in [1.29, 1.82) is 0 Å². The van der Waals surface area contributed by atoms with Crippen LogP contribution in [-0.2, 0) is 28.7 Å². The summed E-state index contributed by atoms with van der Waals surface area (Å²) in [4.78, 5) is 61.6. The quantitative estimate of drug-likeness (QED) is 0.0998. The summed E-state index contributed by atoms with van der Waals surface area (Å²) in [5, 5.41) is 15.9. The number of esters is 2. The molecule has 1 saturated heterocycles. The fraction of sp³-hybridized carbons (Fsp3) is 0.375. The Morgan fingerprint density at radius 1 is 1.27 bits per heavy atom. The third-order valence-electron chi connectivity index (χ3n) is 5.77. The van der Waals surface area contributed by atoms with E-state index in [2.05, 4.69) is 20.4 Å².